The van der Waals surface area contributed by atoms with Crippen molar-refractivity contribution in [3.8, 4) is 6.07 Å². The van der Waals surface area contributed by atoms with Crippen molar-refractivity contribution in [2.24, 2.45) is 0 Å². The molecule has 106 valence electrons. The van der Waals surface area contributed by atoms with E-state index in [9.17, 15) is 10.1 Å². The Morgan fingerprint density at radius 3 is 3.00 bits per heavy atom. The Labute approximate surface area is 118 Å². The summed E-state index contributed by atoms with van der Waals surface area (Å²) in [5.41, 5.74) is 1.99. The Balaban J connectivity index is 2.37. The van der Waals surface area contributed by atoms with Gasteiger partial charge < -0.3 is 15.3 Å². The molecule has 1 aromatic carbocycles. The molecular weight excluding hydrogens is 254 g/mol. The summed E-state index contributed by atoms with van der Waals surface area (Å²) < 4.78 is 0. The van der Waals surface area contributed by atoms with Crippen molar-refractivity contribution >= 4 is 11.6 Å². The van der Waals surface area contributed by atoms with Crippen molar-refractivity contribution in [1.82, 2.24) is 5.32 Å². The molecule has 0 aliphatic carbocycles. The highest BCUT2D eigenvalue weighted by Crippen LogP contribution is 2.28. The summed E-state index contributed by atoms with van der Waals surface area (Å²) in [5, 5.41) is 21.1. The molecule has 1 aromatic rings. The molecule has 1 atom stereocenters. The first-order valence-corrected chi connectivity index (χ1v) is 6.83. The lowest BCUT2D eigenvalue weighted by molar-refractivity contribution is -0.122. The van der Waals surface area contributed by atoms with E-state index in [1.54, 1.807) is 19.2 Å². The van der Waals surface area contributed by atoms with Crippen LogP contribution in [-0.2, 0) is 11.4 Å². The minimum absolute atomic E-state index is 0.0141. The van der Waals surface area contributed by atoms with Crippen molar-refractivity contribution in [2.45, 2.75) is 31.9 Å². The van der Waals surface area contributed by atoms with Crippen LogP contribution < -0.4 is 10.2 Å². The number of nitriles is 1. The average Bonchev–Trinajstić information content (AvgIpc) is 2.53. The summed E-state index contributed by atoms with van der Waals surface area (Å²) in [7, 11) is 1.63. The zero-order valence-corrected chi connectivity index (χ0v) is 11.6. The maximum atomic E-state index is 12.0. The zero-order valence-electron chi connectivity index (χ0n) is 11.6. The van der Waals surface area contributed by atoms with Crippen molar-refractivity contribution in [3.05, 3.63) is 29.3 Å². The summed E-state index contributed by atoms with van der Waals surface area (Å²) in [6.07, 6.45) is 2.83. The number of nitrogens with zero attached hydrogens (tertiary/aromatic N) is 2. The quantitative estimate of drug-likeness (QED) is 0.866. The fraction of sp³-hybridized carbons (Fsp3) is 0.467. The van der Waals surface area contributed by atoms with E-state index in [0.717, 1.165) is 31.5 Å². The van der Waals surface area contributed by atoms with E-state index in [2.05, 4.69) is 11.4 Å². The van der Waals surface area contributed by atoms with Crippen LogP contribution in [0.15, 0.2) is 18.2 Å². The highest BCUT2D eigenvalue weighted by Gasteiger charge is 2.29. The minimum Gasteiger partial charge on any atom is -0.392 e. The molecule has 5 nitrogen and oxygen atoms in total. The number of amides is 1. The van der Waals surface area contributed by atoms with E-state index in [4.69, 9.17) is 5.11 Å². The highest BCUT2D eigenvalue weighted by molar-refractivity contribution is 5.85. The van der Waals surface area contributed by atoms with Gasteiger partial charge in [0.15, 0.2) is 0 Å². The first-order valence-electron chi connectivity index (χ1n) is 6.83. The van der Waals surface area contributed by atoms with Gasteiger partial charge in [-0.05, 0) is 37.0 Å². The molecule has 1 unspecified atom stereocenters. The van der Waals surface area contributed by atoms with Crippen molar-refractivity contribution < 1.29 is 9.90 Å². The molecule has 0 saturated carbocycles. The Bertz CT molecular complexity index is 536. The third kappa shape index (κ3) is 2.75. The van der Waals surface area contributed by atoms with E-state index in [1.165, 1.54) is 0 Å². The number of carbonyl (C=O) groups is 1. The number of likely N-dealkylation sites (N-methyl/N-ethyl adjacent to an activating group) is 1. The second-order valence-electron chi connectivity index (χ2n) is 4.94. The lowest BCUT2D eigenvalue weighted by atomic mass is 9.98. The molecule has 0 bridgehead atoms. The van der Waals surface area contributed by atoms with E-state index in [0.29, 0.717) is 11.1 Å². The van der Waals surface area contributed by atoms with Crippen LogP contribution >= 0.6 is 0 Å². The van der Waals surface area contributed by atoms with Gasteiger partial charge in [-0.1, -0.05) is 6.07 Å². The maximum absolute atomic E-state index is 12.0. The van der Waals surface area contributed by atoms with Gasteiger partial charge in [-0.15, -0.1) is 0 Å². The van der Waals surface area contributed by atoms with Gasteiger partial charge in [0, 0.05) is 13.6 Å². The number of anilines is 1. The van der Waals surface area contributed by atoms with Crippen LogP contribution in [0.3, 0.4) is 0 Å². The summed E-state index contributed by atoms with van der Waals surface area (Å²) in [5.74, 6) is -0.0141. The summed E-state index contributed by atoms with van der Waals surface area (Å²) in [4.78, 5) is 14.0. The maximum Gasteiger partial charge on any atom is 0.242 e. The third-order valence-corrected chi connectivity index (χ3v) is 3.73. The molecule has 5 heteroatoms. The number of nitrogens with one attached hydrogen (secondary N) is 1. The van der Waals surface area contributed by atoms with Crippen molar-refractivity contribution in [2.75, 3.05) is 18.5 Å². The Morgan fingerprint density at radius 1 is 1.55 bits per heavy atom. The summed E-state index contributed by atoms with van der Waals surface area (Å²) >= 11 is 0. The summed E-state index contributed by atoms with van der Waals surface area (Å²) in [6, 6.07) is 7.25. The molecule has 2 N–H and O–H groups in total. The topological polar surface area (TPSA) is 76.4 Å². The Kier molecular flexibility index (Phi) is 4.59. The van der Waals surface area contributed by atoms with Crippen LogP contribution in [0, 0.1) is 11.3 Å². The van der Waals surface area contributed by atoms with Crippen molar-refractivity contribution in [3.63, 3.8) is 0 Å². The van der Waals surface area contributed by atoms with Crippen LogP contribution in [0.1, 0.15) is 30.4 Å². The van der Waals surface area contributed by atoms with E-state index < -0.39 is 0 Å². The lowest BCUT2D eigenvalue weighted by Gasteiger charge is -2.36. The normalized spacial score (nSPS) is 18.4. The number of aliphatic hydroxyl groups is 1. The molecule has 0 aromatic heterocycles. The lowest BCUT2D eigenvalue weighted by Crippen LogP contribution is -2.49. The number of aliphatic hydroxyl groups excluding tert-OH is 1. The van der Waals surface area contributed by atoms with Gasteiger partial charge in [0.25, 0.3) is 0 Å². The van der Waals surface area contributed by atoms with Gasteiger partial charge in [-0.25, -0.2) is 0 Å². The first-order chi connectivity index (χ1) is 9.71. The van der Waals surface area contributed by atoms with E-state index in [-0.39, 0.29) is 18.6 Å². The largest absolute Gasteiger partial charge is 0.392 e. The molecule has 0 spiro atoms. The van der Waals surface area contributed by atoms with Gasteiger partial charge in [0.1, 0.15) is 12.1 Å². The van der Waals surface area contributed by atoms with Crippen LogP contribution in [0.25, 0.3) is 0 Å². The van der Waals surface area contributed by atoms with Gasteiger partial charge in [-0.2, -0.15) is 5.26 Å². The second-order valence-corrected chi connectivity index (χ2v) is 4.94. The SMILES string of the molecule is CNC(=O)C1CCCCN1c1ccc(CO)cc1C#N. The molecular formula is C15H19N3O2. The van der Waals surface area contributed by atoms with E-state index in [1.807, 2.05) is 11.0 Å². The van der Waals surface area contributed by atoms with Gasteiger partial charge in [0.2, 0.25) is 5.91 Å². The molecule has 1 fully saturated rings. The average molecular weight is 273 g/mol. The number of carbonyl (C=O) groups excluding carboxylic acids is 1. The van der Waals surface area contributed by atoms with Crippen LogP contribution in [0.5, 0.6) is 0 Å². The number of hydrogen-bond donors (Lipinski definition) is 2. The monoisotopic (exact) mass is 273 g/mol. The fourth-order valence-corrected chi connectivity index (χ4v) is 2.68. The van der Waals surface area contributed by atoms with Crippen molar-refractivity contribution in [1.29, 1.82) is 5.26 Å². The van der Waals surface area contributed by atoms with Gasteiger partial charge in [0.05, 0.1) is 17.9 Å². The van der Waals surface area contributed by atoms with Crippen LogP contribution in [0.4, 0.5) is 5.69 Å². The molecule has 1 aliphatic rings. The summed E-state index contributed by atoms with van der Waals surface area (Å²) in [6.45, 7) is 0.680. The molecule has 1 amide bonds. The highest BCUT2D eigenvalue weighted by atomic mass is 16.3. The molecule has 0 radical (unpaired) electrons. The third-order valence-electron chi connectivity index (χ3n) is 3.73. The predicted molar refractivity (Wildman–Crippen MR) is 76.1 cm³/mol. The molecule has 20 heavy (non-hydrogen) atoms. The van der Waals surface area contributed by atoms with Gasteiger partial charge >= 0.3 is 0 Å². The molecule has 1 aliphatic heterocycles. The Morgan fingerprint density at radius 2 is 2.35 bits per heavy atom. The predicted octanol–water partition coefficient (Wildman–Crippen LogP) is 1.16. The zero-order chi connectivity index (χ0) is 14.5. The Hall–Kier alpha value is -2.06. The second kappa shape index (κ2) is 6.40. The number of piperidine rings is 1. The minimum atomic E-state index is -0.221. The van der Waals surface area contributed by atoms with Crippen LogP contribution in [0.2, 0.25) is 0 Å². The molecule has 1 heterocycles. The number of hydrogen-bond acceptors (Lipinski definition) is 4. The number of rotatable bonds is 3. The van der Waals surface area contributed by atoms with E-state index >= 15 is 0 Å². The molecule has 1 saturated heterocycles. The standard InChI is InChI=1S/C15H19N3O2/c1-17-15(20)14-4-2-3-7-18(14)13-6-5-11(10-19)8-12(13)9-16/h5-6,8,14,19H,2-4,7,10H2,1H3,(H,17,20). The molecule has 2 rings (SSSR count). The van der Waals surface area contributed by atoms with Crippen LogP contribution in [-0.4, -0.2) is 30.6 Å². The number of benzene rings is 1. The van der Waals surface area contributed by atoms with Gasteiger partial charge in [-0.3, -0.25) is 4.79 Å². The fourth-order valence-electron chi connectivity index (χ4n) is 2.68. The smallest absolute Gasteiger partial charge is 0.242 e. The first kappa shape index (κ1) is 14.4.